The summed E-state index contributed by atoms with van der Waals surface area (Å²) >= 11 is 0. The average Bonchev–Trinajstić information content (AvgIpc) is 3.83. The molecule has 3 heterocycles. The maximum atomic E-state index is 6.54. The van der Waals surface area contributed by atoms with Crippen LogP contribution in [-0.2, 0) is 0 Å². The smallest absolute Gasteiger partial charge is 0.164 e. The molecule has 0 atom stereocenters. The summed E-state index contributed by atoms with van der Waals surface area (Å²) in [6.07, 6.45) is 0. The molecule has 0 amide bonds. The molecule has 56 heavy (non-hydrogen) atoms. The van der Waals surface area contributed by atoms with E-state index in [9.17, 15) is 0 Å². The Morgan fingerprint density at radius 1 is 0.339 bits per heavy atom. The quantitative estimate of drug-likeness (QED) is 0.172. The first-order chi connectivity index (χ1) is 27.7. The molecule has 5 heteroatoms. The molecule has 0 aliphatic carbocycles. The normalized spacial score (nSPS) is 11.6. The van der Waals surface area contributed by atoms with Gasteiger partial charge in [-0.25, -0.2) is 15.0 Å². The zero-order valence-electron chi connectivity index (χ0n) is 30.2. The summed E-state index contributed by atoms with van der Waals surface area (Å²) in [5, 5.41) is 4.48. The predicted molar refractivity (Wildman–Crippen MR) is 229 cm³/mol. The van der Waals surface area contributed by atoms with E-state index in [4.69, 9.17) is 19.4 Å². The van der Waals surface area contributed by atoms with Gasteiger partial charge in [0.25, 0.3) is 0 Å². The van der Waals surface area contributed by atoms with Gasteiger partial charge < -0.3 is 8.98 Å². The zero-order chi connectivity index (χ0) is 37.0. The highest BCUT2D eigenvalue weighted by Gasteiger charge is 2.19. The molecule has 0 radical (unpaired) electrons. The highest BCUT2D eigenvalue weighted by atomic mass is 16.3. The van der Waals surface area contributed by atoms with Crippen molar-refractivity contribution in [2.45, 2.75) is 0 Å². The second-order valence-electron chi connectivity index (χ2n) is 14.0. The predicted octanol–water partition coefficient (Wildman–Crippen LogP) is 13.2. The van der Waals surface area contributed by atoms with Crippen LogP contribution in [-0.4, -0.2) is 19.5 Å². The molecule has 0 aliphatic heterocycles. The fourth-order valence-electron chi connectivity index (χ4n) is 7.95. The fraction of sp³-hybridized carbons (Fsp3) is 0. The number of para-hydroxylation sites is 2. The van der Waals surface area contributed by atoms with Crippen LogP contribution in [0.5, 0.6) is 0 Å². The van der Waals surface area contributed by atoms with E-state index in [1.807, 2.05) is 48.5 Å². The second kappa shape index (κ2) is 13.0. The van der Waals surface area contributed by atoms with E-state index in [2.05, 4.69) is 150 Å². The van der Waals surface area contributed by atoms with Gasteiger partial charge in [-0.3, -0.25) is 0 Å². The lowest BCUT2D eigenvalue weighted by molar-refractivity contribution is 0.673. The number of furan rings is 1. The Morgan fingerprint density at radius 2 is 0.839 bits per heavy atom. The van der Waals surface area contributed by atoms with E-state index in [1.54, 1.807) is 0 Å². The second-order valence-corrected chi connectivity index (χ2v) is 14.0. The summed E-state index contributed by atoms with van der Waals surface area (Å²) in [6, 6.07) is 67.4. The first kappa shape index (κ1) is 31.9. The molecule has 262 valence electrons. The van der Waals surface area contributed by atoms with E-state index >= 15 is 0 Å². The SMILES string of the molecule is c1ccc(-c2ccc(-c3ccc(-c4nc(-c5ccccc5)nc(-c5cccc(-n6c7ccccc7c7c8oc9ccccc9c8ccc76)c5)n4)cc3)cc2)cc1. The Bertz CT molecular complexity index is 3220. The van der Waals surface area contributed by atoms with Crippen LogP contribution in [0.15, 0.2) is 199 Å². The summed E-state index contributed by atoms with van der Waals surface area (Å²) < 4.78 is 8.85. The van der Waals surface area contributed by atoms with Crippen LogP contribution in [0.25, 0.3) is 106 Å². The van der Waals surface area contributed by atoms with Gasteiger partial charge in [0.1, 0.15) is 11.2 Å². The Balaban J connectivity index is 1.01. The van der Waals surface area contributed by atoms with Gasteiger partial charge in [0.2, 0.25) is 0 Å². The molecule has 0 bridgehead atoms. The molecule has 11 rings (SSSR count). The Hall–Kier alpha value is -7.63. The minimum atomic E-state index is 0.608. The highest BCUT2D eigenvalue weighted by Crippen LogP contribution is 2.41. The van der Waals surface area contributed by atoms with Gasteiger partial charge in [-0.15, -0.1) is 0 Å². The van der Waals surface area contributed by atoms with Crippen LogP contribution in [0.3, 0.4) is 0 Å². The molecular weight excluding hydrogens is 685 g/mol. The Morgan fingerprint density at radius 3 is 1.52 bits per heavy atom. The third-order valence-electron chi connectivity index (χ3n) is 10.7. The van der Waals surface area contributed by atoms with Crippen LogP contribution in [0, 0.1) is 0 Å². The standard InChI is InChI=1S/C51H32N4O/c1-3-12-33(13-4-1)34-22-24-35(25-23-34)36-26-28-38(29-27-36)50-52-49(37-14-5-2-6-15-37)53-51(54-50)39-16-11-17-40(32-39)55-44-20-9-7-19-43(44)47-45(55)31-30-42-41-18-8-10-21-46(41)56-48(42)47/h1-32H. The molecule has 0 N–H and O–H groups in total. The molecular formula is C51H32N4O. The Kier molecular flexibility index (Phi) is 7.42. The molecule has 0 spiro atoms. The summed E-state index contributed by atoms with van der Waals surface area (Å²) in [5.41, 5.74) is 12.4. The van der Waals surface area contributed by atoms with E-state index in [1.165, 1.54) is 11.1 Å². The molecule has 8 aromatic carbocycles. The number of aromatic nitrogens is 4. The minimum absolute atomic E-state index is 0.608. The summed E-state index contributed by atoms with van der Waals surface area (Å²) in [4.78, 5) is 15.2. The first-order valence-corrected chi connectivity index (χ1v) is 18.8. The van der Waals surface area contributed by atoms with Crippen molar-refractivity contribution in [3.8, 4) is 62.1 Å². The molecule has 0 unspecified atom stereocenters. The molecule has 0 saturated heterocycles. The van der Waals surface area contributed by atoms with E-state index in [-0.39, 0.29) is 0 Å². The number of rotatable bonds is 6. The van der Waals surface area contributed by atoms with Crippen LogP contribution in [0.2, 0.25) is 0 Å². The van der Waals surface area contributed by atoms with Crippen molar-refractivity contribution in [3.05, 3.63) is 194 Å². The molecule has 0 aliphatic rings. The van der Waals surface area contributed by atoms with Gasteiger partial charge in [0.15, 0.2) is 17.5 Å². The van der Waals surface area contributed by atoms with Crippen LogP contribution in [0.1, 0.15) is 0 Å². The number of hydrogen-bond acceptors (Lipinski definition) is 4. The van der Waals surface area contributed by atoms with Crippen molar-refractivity contribution in [1.29, 1.82) is 0 Å². The molecule has 0 fully saturated rings. The van der Waals surface area contributed by atoms with Gasteiger partial charge in [0, 0.05) is 38.5 Å². The van der Waals surface area contributed by atoms with E-state index < -0.39 is 0 Å². The lowest BCUT2D eigenvalue weighted by atomic mass is 9.99. The van der Waals surface area contributed by atoms with E-state index in [0.717, 1.165) is 77.2 Å². The van der Waals surface area contributed by atoms with Crippen molar-refractivity contribution in [2.24, 2.45) is 0 Å². The largest absolute Gasteiger partial charge is 0.455 e. The van der Waals surface area contributed by atoms with Crippen molar-refractivity contribution >= 4 is 43.7 Å². The van der Waals surface area contributed by atoms with Gasteiger partial charge in [-0.2, -0.15) is 0 Å². The fourth-order valence-corrected chi connectivity index (χ4v) is 7.95. The third kappa shape index (κ3) is 5.37. The first-order valence-electron chi connectivity index (χ1n) is 18.8. The molecule has 5 nitrogen and oxygen atoms in total. The average molecular weight is 717 g/mol. The van der Waals surface area contributed by atoms with Gasteiger partial charge in [-0.05, 0) is 58.7 Å². The number of benzene rings is 8. The van der Waals surface area contributed by atoms with Crippen LogP contribution in [0.4, 0.5) is 0 Å². The maximum Gasteiger partial charge on any atom is 0.164 e. The number of nitrogens with zero attached hydrogens (tertiary/aromatic N) is 4. The highest BCUT2D eigenvalue weighted by molar-refractivity contribution is 6.23. The lowest BCUT2D eigenvalue weighted by Gasteiger charge is -2.12. The van der Waals surface area contributed by atoms with Gasteiger partial charge >= 0.3 is 0 Å². The zero-order valence-corrected chi connectivity index (χ0v) is 30.2. The van der Waals surface area contributed by atoms with Crippen molar-refractivity contribution in [2.75, 3.05) is 0 Å². The number of hydrogen-bond donors (Lipinski definition) is 0. The van der Waals surface area contributed by atoms with Gasteiger partial charge in [-0.1, -0.05) is 158 Å². The van der Waals surface area contributed by atoms with Crippen molar-refractivity contribution < 1.29 is 4.42 Å². The van der Waals surface area contributed by atoms with Crippen molar-refractivity contribution in [3.63, 3.8) is 0 Å². The minimum Gasteiger partial charge on any atom is -0.455 e. The van der Waals surface area contributed by atoms with E-state index in [0.29, 0.717) is 17.5 Å². The Labute approximate surface area is 322 Å². The maximum absolute atomic E-state index is 6.54. The lowest BCUT2D eigenvalue weighted by Crippen LogP contribution is -2.01. The van der Waals surface area contributed by atoms with Gasteiger partial charge in [0.05, 0.1) is 16.4 Å². The van der Waals surface area contributed by atoms with Crippen LogP contribution < -0.4 is 0 Å². The van der Waals surface area contributed by atoms with Crippen LogP contribution >= 0.6 is 0 Å². The monoisotopic (exact) mass is 716 g/mol. The summed E-state index contributed by atoms with van der Waals surface area (Å²) in [5.74, 6) is 1.85. The summed E-state index contributed by atoms with van der Waals surface area (Å²) in [6.45, 7) is 0. The third-order valence-corrected chi connectivity index (χ3v) is 10.7. The molecule has 11 aromatic rings. The summed E-state index contributed by atoms with van der Waals surface area (Å²) in [7, 11) is 0. The molecule has 0 saturated carbocycles. The number of fused-ring (bicyclic) bond motifs is 7. The topological polar surface area (TPSA) is 56.7 Å². The van der Waals surface area contributed by atoms with Crippen molar-refractivity contribution in [1.82, 2.24) is 19.5 Å². The molecule has 3 aromatic heterocycles.